The van der Waals surface area contributed by atoms with Gasteiger partial charge in [-0.25, -0.2) is 4.79 Å². The Kier molecular flexibility index (Phi) is 9.69. The summed E-state index contributed by atoms with van der Waals surface area (Å²) in [4.78, 5) is 46.7. The van der Waals surface area contributed by atoms with Crippen LogP contribution in [0.25, 0.3) is 0 Å². The van der Waals surface area contributed by atoms with E-state index in [0.717, 1.165) is 0 Å². The fourth-order valence-corrected chi connectivity index (χ4v) is 2.00. The van der Waals surface area contributed by atoms with Crippen molar-refractivity contribution < 1.29 is 29.4 Å². The maximum absolute atomic E-state index is 12.3. The van der Waals surface area contributed by atoms with Gasteiger partial charge in [-0.1, -0.05) is 13.8 Å². The first-order chi connectivity index (χ1) is 11.5. The Bertz CT molecular complexity index is 494. The van der Waals surface area contributed by atoms with Gasteiger partial charge in [0.15, 0.2) is 6.04 Å². The Balaban J connectivity index is 4.88. The molecule has 0 heterocycles. The second-order valence-corrected chi connectivity index (χ2v) is 6.25. The molecule has 0 aliphatic rings. The van der Waals surface area contributed by atoms with Crippen molar-refractivity contribution in [2.24, 2.45) is 11.7 Å². The highest BCUT2D eigenvalue weighted by Crippen LogP contribution is 2.05. The Morgan fingerprint density at radius 3 is 1.92 bits per heavy atom. The minimum atomic E-state index is -1.49. The van der Waals surface area contributed by atoms with Gasteiger partial charge in [-0.2, -0.15) is 0 Å². The highest BCUT2D eigenvalue weighted by atomic mass is 16.4. The van der Waals surface area contributed by atoms with Gasteiger partial charge >= 0.3 is 5.97 Å². The highest BCUT2D eigenvalue weighted by molar-refractivity contribution is 5.93. The molecule has 10 heteroatoms. The van der Waals surface area contributed by atoms with Crippen molar-refractivity contribution in [3.05, 3.63) is 0 Å². The minimum Gasteiger partial charge on any atom is -0.480 e. The van der Waals surface area contributed by atoms with Gasteiger partial charge in [0.2, 0.25) is 17.7 Å². The molecule has 3 amide bonds. The third-order valence-electron chi connectivity index (χ3n) is 3.34. The van der Waals surface area contributed by atoms with Crippen LogP contribution in [-0.2, 0) is 19.2 Å². The van der Waals surface area contributed by atoms with Crippen LogP contribution in [0.15, 0.2) is 0 Å². The number of carboxylic acids is 1. The molecule has 25 heavy (non-hydrogen) atoms. The van der Waals surface area contributed by atoms with E-state index >= 15 is 0 Å². The van der Waals surface area contributed by atoms with E-state index < -0.39 is 47.9 Å². The Labute approximate surface area is 146 Å². The maximum atomic E-state index is 12.3. The lowest BCUT2D eigenvalue weighted by Crippen LogP contribution is -2.57. The van der Waals surface area contributed by atoms with E-state index in [4.69, 9.17) is 10.8 Å². The van der Waals surface area contributed by atoms with E-state index in [1.807, 2.05) is 13.8 Å². The molecule has 0 aromatic carbocycles. The van der Waals surface area contributed by atoms with Gasteiger partial charge in [0.1, 0.15) is 12.1 Å². The number of rotatable bonds is 10. The van der Waals surface area contributed by atoms with E-state index in [2.05, 4.69) is 16.0 Å². The largest absolute Gasteiger partial charge is 0.480 e. The standard InChI is InChI=1S/C15H28N4O6/c1-7(2)5-10(18-11(21)6-16)14(23)17-8(3)13(22)19-12(9(4)20)15(24)25/h7-10,12,20H,5-6,16H2,1-4H3,(H,17,23)(H,18,21)(H,19,22)(H,24,25). The first kappa shape index (κ1) is 22.8. The predicted octanol–water partition coefficient (Wildman–Crippen LogP) is -2.07. The van der Waals surface area contributed by atoms with Gasteiger partial charge < -0.3 is 31.9 Å². The predicted molar refractivity (Wildman–Crippen MR) is 89.3 cm³/mol. The quantitative estimate of drug-likeness (QED) is 0.260. The van der Waals surface area contributed by atoms with Gasteiger partial charge in [-0.05, 0) is 26.2 Å². The summed E-state index contributed by atoms with van der Waals surface area (Å²) in [7, 11) is 0. The number of carbonyl (C=O) groups is 4. The number of aliphatic carboxylic acids is 1. The molecule has 0 fully saturated rings. The molecule has 0 saturated heterocycles. The number of amides is 3. The van der Waals surface area contributed by atoms with Crippen molar-refractivity contribution in [3.63, 3.8) is 0 Å². The Morgan fingerprint density at radius 1 is 0.960 bits per heavy atom. The molecule has 0 aliphatic carbocycles. The molecule has 0 spiro atoms. The Hall–Kier alpha value is -2.20. The molecule has 0 saturated carbocycles. The summed E-state index contributed by atoms with van der Waals surface area (Å²) in [6.07, 6.45) is -0.959. The van der Waals surface area contributed by atoms with Crippen LogP contribution in [0.4, 0.5) is 0 Å². The fourth-order valence-electron chi connectivity index (χ4n) is 2.00. The van der Waals surface area contributed by atoms with Crippen LogP contribution in [0, 0.1) is 5.92 Å². The molecule has 144 valence electrons. The first-order valence-electron chi connectivity index (χ1n) is 8.00. The molecule has 4 unspecified atom stereocenters. The summed E-state index contributed by atoms with van der Waals surface area (Å²) >= 11 is 0. The van der Waals surface area contributed by atoms with E-state index in [1.165, 1.54) is 13.8 Å². The fraction of sp³-hybridized carbons (Fsp3) is 0.733. The van der Waals surface area contributed by atoms with Gasteiger partial charge in [-0.3, -0.25) is 14.4 Å². The van der Waals surface area contributed by atoms with Crippen LogP contribution in [0.5, 0.6) is 0 Å². The van der Waals surface area contributed by atoms with Crippen LogP contribution >= 0.6 is 0 Å². The number of nitrogens with two attached hydrogens (primary N) is 1. The van der Waals surface area contributed by atoms with Gasteiger partial charge in [0.05, 0.1) is 12.6 Å². The summed E-state index contributed by atoms with van der Waals surface area (Å²) < 4.78 is 0. The van der Waals surface area contributed by atoms with Crippen LogP contribution < -0.4 is 21.7 Å². The Morgan fingerprint density at radius 2 is 1.52 bits per heavy atom. The van der Waals surface area contributed by atoms with Crippen molar-refractivity contribution in [2.45, 2.75) is 58.3 Å². The number of aliphatic hydroxyl groups excluding tert-OH is 1. The molecule has 0 aromatic rings. The molecule has 10 nitrogen and oxygen atoms in total. The topological polar surface area (TPSA) is 171 Å². The monoisotopic (exact) mass is 360 g/mol. The summed E-state index contributed by atoms with van der Waals surface area (Å²) in [6.45, 7) is 6.05. The molecule has 0 bridgehead atoms. The lowest BCUT2D eigenvalue weighted by atomic mass is 10.0. The lowest BCUT2D eigenvalue weighted by Gasteiger charge is -2.24. The van der Waals surface area contributed by atoms with Gasteiger partial charge in [-0.15, -0.1) is 0 Å². The average Bonchev–Trinajstić information content (AvgIpc) is 2.49. The maximum Gasteiger partial charge on any atom is 0.328 e. The number of hydrogen-bond donors (Lipinski definition) is 6. The second kappa shape index (κ2) is 10.6. The molecular weight excluding hydrogens is 332 g/mol. The SMILES string of the molecule is CC(C)CC(NC(=O)CN)C(=O)NC(C)C(=O)NC(C(=O)O)C(C)O. The summed E-state index contributed by atoms with van der Waals surface area (Å²) in [5, 5.41) is 25.4. The zero-order chi connectivity index (χ0) is 19.7. The number of carbonyl (C=O) groups excluding carboxylic acids is 3. The van der Waals surface area contributed by atoms with Crippen molar-refractivity contribution >= 4 is 23.7 Å². The van der Waals surface area contributed by atoms with Crippen molar-refractivity contribution in [3.8, 4) is 0 Å². The van der Waals surface area contributed by atoms with E-state index in [9.17, 15) is 24.3 Å². The van der Waals surface area contributed by atoms with E-state index in [-0.39, 0.29) is 12.5 Å². The van der Waals surface area contributed by atoms with Crippen molar-refractivity contribution in [1.29, 1.82) is 0 Å². The van der Waals surface area contributed by atoms with Crippen LogP contribution in [0.2, 0.25) is 0 Å². The molecule has 7 N–H and O–H groups in total. The molecule has 0 radical (unpaired) electrons. The number of hydrogen-bond acceptors (Lipinski definition) is 6. The average molecular weight is 360 g/mol. The van der Waals surface area contributed by atoms with Crippen molar-refractivity contribution in [2.75, 3.05) is 6.54 Å². The van der Waals surface area contributed by atoms with Gasteiger partial charge in [0, 0.05) is 0 Å². The van der Waals surface area contributed by atoms with E-state index in [0.29, 0.717) is 6.42 Å². The smallest absolute Gasteiger partial charge is 0.328 e. The summed E-state index contributed by atoms with van der Waals surface area (Å²) in [5.74, 6) is -3.14. The van der Waals surface area contributed by atoms with Crippen LogP contribution in [0.1, 0.15) is 34.1 Å². The molecule has 4 atom stereocenters. The van der Waals surface area contributed by atoms with Crippen LogP contribution in [0.3, 0.4) is 0 Å². The third kappa shape index (κ3) is 8.45. The second-order valence-electron chi connectivity index (χ2n) is 6.25. The lowest BCUT2D eigenvalue weighted by molar-refractivity contribution is -0.145. The number of carboxylic acid groups (broad SMARTS) is 1. The molecule has 0 aromatic heterocycles. The van der Waals surface area contributed by atoms with Gasteiger partial charge in [0.25, 0.3) is 0 Å². The molecular formula is C15H28N4O6. The molecule has 0 aliphatic heterocycles. The zero-order valence-corrected chi connectivity index (χ0v) is 14.9. The third-order valence-corrected chi connectivity index (χ3v) is 3.34. The summed E-state index contributed by atoms with van der Waals surface area (Å²) in [5.41, 5.74) is 5.23. The summed E-state index contributed by atoms with van der Waals surface area (Å²) in [6, 6.07) is -3.41. The zero-order valence-electron chi connectivity index (χ0n) is 14.9. The highest BCUT2D eigenvalue weighted by Gasteiger charge is 2.29. The normalized spacial score (nSPS) is 15.6. The van der Waals surface area contributed by atoms with Crippen LogP contribution in [-0.4, -0.2) is 64.7 Å². The first-order valence-corrected chi connectivity index (χ1v) is 8.00. The number of nitrogens with one attached hydrogen (secondary N) is 3. The number of aliphatic hydroxyl groups is 1. The van der Waals surface area contributed by atoms with E-state index in [1.54, 1.807) is 0 Å². The molecule has 0 rings (SSSR count). The van der Waals surface area contributed by atoms with Crippen molar-refractivity contribution in [1.82, 2.24) is 16.0 Å². The minimum absolute atomic E-state index is 0.101.